The molecule has 1 rings (SSSR count). The van der Waals surface area contributed by atoms with Crippen LogP contribution in [0.25, 0.3) is 0 Å². The number of carbonyl (C=O) groups is 1. The minimum atomic E-state index is -2.60. The molecule has 0 heterocycles. The Kier molecular flexibility index (Phi) is 4.22. The van der Waals surface area contributed by atoms with Crippen molar-refractivity contribution in [2.45, 2.75) is 18.2 Å². The molecular weight excluding hydrogens is 289 g/mol. The molecule has 1 aromatic rings. The van der Waals surface area contributed by atoms with Crippen LogP contribution in [0.2, 0.25) is 5.02 Å². The summed E-state index contributed by atoms with van der Waals surface area (Å²) in [4.78, 5) is 11.1. The summed E-state index contributed by atoms with van der Waals surface area (Å²) in [6.45, 7) is 1.62. The summed E-state index contributed by atoms with van der Waals surface area (Å²) in [7, 11) is 0. The minimum Gasteiger partial charge on any atom is -0.293 e. The molecule has 82 valence electrons. The smallest absolute Gasteiger partial charge is 0.263 e. The Morgan fingerprint density at radius 3 is 2.53 bits per heavy atom. The van der Waals surface area contributed by atoms with Crippen LogP contribution in [0.15, 0.2) is 18.2 Å². The van der Waals surface area contributed by atoms with E-state index in [1.807, 2.05) is 0 Å². The first-order valence-corrected chi connectivity index (χ1v) is 5.48. The maximum Gasteiger partial charge on any atom is 0.263 e. The summed E-state index contributed by atoms with van der Waals surface area (Å²) in [5.41, 5.74) is -0.0743. The van der Waals surface area contributed by atoms with E-state index >= 15 is 0 Å². The molecule has 0 aromatic heterocycles. The SMILES string of the molecule is CC(Br)C(=O)c1cc(C(F)F)ccc1Cl. The fourth-order valence-electron chi connectivity index (χ4n) is 1.08. The van der Waals surface area contributed by atoms with E-state index in [2.05, 4.69) is 15.9 Å². The highest BCUT2D eigenvalue weighted by atomic mass is 79.9. The second-order valence-corrected chi connectivity index (χ2v) is 4.80. The van der Waals surface area contributed by atoms with E-state index < -0.39 is 11.3 Å². The molecule has 1 nitrogen and oxygen atoms in total. The van der Waals surface area contributed by atoms with E-state index in [0.29, 0.717) is 0 Å². The molecular formula is C10H8BrClF2O. The fourth-order valence-corrected chi connectivity index (χ4v) is 1.54. The van der Waals surface area contributed by atoms with E-state index in [1.165, 1.54) is 12.1 Å². The average molecular weight is 298 g/mol. The van der Waals surface area contributed by atoms with Crippen LogP contribution in [0.1, 0.15) is 29.3 Å². The van der Waals surface area contributed by atoms with Crippen molar-refractivity contribution in [2.24, 2.45) is 0 Å². The van der Waals surface area contributed by atoms with Crippen LogP contribution in [0.3, 0.4) is 0 Å². The van der Waals surface area contributed by atoms with Crippen molar-refractivity contribution < 1.29 is 13.6 Å². The molecule has 0 radical (unpaired) electrons. The molecule has 0 aliphatic rings. The van der Waals surface area contributed by atoms with Crippen molar-refractivity contribution in [3.8, 4) is 0 Å². The van der Waals surface area contributed by atoms with Gasteiger partial charge in [0, 0.05) is 11.1 Å². The average Bonchev–Trinajstić information content (AvgIpc) is 2.16. The summed E-state index contributed by atoms with van der Waals surface area (Å²) >= 11 is 8.83. The van der Waals surface area contributed by atoms with Crippen molar-refractivity contribution >= 4 is 33.3 Å². The third-order valence-electron chi connectivity index (χ3n) is 1.87. The zero-order chi connectivity index (χ0) is 11.6. The number of hydrogen-bond acceptors (Lipinski definition) is 1. The van der Waals surface area contributed by atoms with Crippen molar-refractivity contribution in [1.29, 1.82) is 0 Å². The molecule has 5 heteroatoms. The first-order chi connectivity index (χ1) is 6.93. The maximum absolute atomic E-state index is 12.4. The molecule has 1 atom stereocenters. The second-order valence-electron chi connectivity index (χ2n) is 3.02. The van der Waals surface area contributed by atoms with E-state index in [4.69, 9.17) is 11.6 Å². The highest BCUT2D eigenvalue weighted by molar-refractivity contribution is 9.10. The van der Waals surface area contributed by atoms with E-state index in [-0.39, 0.29) is 21.9 Å². The lowest BCUT2D eigenvalue weighted by molar-refractivity contribution is 0.0995. The highest BCUT2D eigenvalue weighted by Gasteiger charge is 2.18. The van der Waals surface area contributed by atoms with Gasteiger partial charge >= 0.3 is 0 Å². The van der Waals surface area contributed by atoms with Crippen LogP contribution in [-0.2, 0) is 0 Å². The standard InChI is InChI=1S/C10H8BrClF2O/c1-5(11)9(15)7-4-6(10(13)14)2-3-8(7)12/h2-5,10H,1H3. The number of rotatable bonds is 3. The molecule has 0 fully saturated rings. The molecule has 0 aliphatic carbocycles. The quantitative estimate of drug-likeness (QED) is 0.602. The van der Waals surface area contributed by atoms with Gasteiger partial charge in [-0.05, 0) is 19.1 Å². The number of Topliss-reactive ketones (excluding diaryl/α,β-unsaturated/α-hetero) is 1. The number of hydrogen-bond donors (Lipinski definition) is 0. The van der Waals surface area contributed by atoms with Gasteiger partial charge in [-0.15, -0.1) is 0 Å². The minimum absolute atomic E-state index is 0.124. The van der Waals surface area contributed by atoms with Crippen LogP contribution in [0.5, 0.6) is 0 Å². The first kappa shape index (κ1) is 12.6. The van der Waals surface area contributed by atoms with Crippen LogP contribution in [0, 0.1) is 0 Å². The second kappa shape index (κ2) is 5.03. The molecule has 15 heavy (non-hydrogen) atoms. The fraction of sp³-hybridized carbons (Fsp3) is 0.300. The predicted octanol–water partition coefficient (Wildman–Crippen LogP) is 4.24. The lowest BCUT2D eigenvalue weighted by Gasteiger charge is -2.07. The molecule has 0 saturated carbocycles. The molecule has 0 saturated heterocycles. The zero-order valence-corrected chi connectivity index (χ0v) is 10.1. The lowest BCUT2D eigenvalue weighted by Crippen LogP contribution is -2.11. The van der Waals surface area contributed by atoms with Crippen LogP contribution >= 0.6 is 27.5 Å². The van der Waals surface area contributed by atoms with E-state index in [1.54, 1.807) is 6.92 Å². The zero-order valence-electron chi connectivity index (χ0n) is 7.81. The van der Waals surface area contributed by atoms with Crippen molar-refractivity contribution in [1.82, 2.24) is 0 Å². The molecule has 1 aromatic carbocycles. The largest absolute Gasteiger partial charge is 0.293 e. The van der Waals surface area contributed by atoms with Gasteiger partial charge in [-0.2, -0.15) is 0 Å². The molecule has 0 bridgehead atoms. The Labute approximate surface area is 99.6 Å². The highest BCUT2D eigenvalue weighted by Crippen LogP contribution is 2.26. The summed E-state index contributed by atoms with van der Waals surface area (Å²) in [6.07, 6.45) is -2.60. The first-order valence-electron chi connectivity index (χ1n) is 4.19. The van der Waals surface area contributed by atoms with Gasteiger partial charge in [-0.3, -0.25) is 4.79 Å². The molecule has 0 spiro atoms. The number of benzene rings is 1. The molecule has 0 aliphatic heterocycles. The lowest BCUT2D eigenvalue weighted by atomic mass is 10.1. The van der Waals surface area contributed by atoms with Crippen LogP contribution in [0.4, 0.5) is 8.78 Å². The van der Waals surface area contributed by atoms with Crippen molar-refractivity contribution in [3.05, 3.63) is 34.3 Å². The summed E-state index contributed by atoms with van der Waals surface area (Å²) in [6, 6.07) is 3.65. The summed E-state index contributed by atoms with van der Waals surface area (Å²) < 4.78 is 24.8. The van der Waals surface area contributed by atoms with Crippen molar-refractivity contribution in [3.63, 3.8) is 0 Å². The van der Waals surface area contributed by atoms with Gasteiger partial charge in [0.1, 0.15) is 0 Å². The summed E-state index contributed by atoms with van der Waals surface area (Å²) in [5, 5.41) is 0.190. The maximum atomic E-state index is 12.4. The number of ketones is 1. The van der Waals surface area contributed by atoms with Crippen LogP contribution in [-0.4, -0.2) is 10.6 Å². The Balaban J connectivity index is 3.16. The van der Waals surface area contributed by atoms with E-state index in [9.17, 15) is 13.6 Å². The molecule has 0 N–H and O–H groups in total. The van der Waals surface area contributed by atoms with Gasteiger partial charge in [0.25, 0.3) is 6.43 Å². The summed E-state index contributed by atoms with van der Waals surface area (Å²) in [5.74, 6) is -0.303. The Morgan fingerprint density at radius 1 is 1.47 bits per heavy atom. The van der Waals surface area contributed by atoms with E-state index in [0.717, 1.165) is 6.07 Å². The number of halogens is 4. The topological polar surface area (TPSA) is 17.1 Å². The monoisotopic (exact) mass is 296 g/mol. The Hall–Kier alpha value is -0.480. The Morgan fingerprint density at radius 2 is 2.07 bits per heavy atom. The van der Waals surface area contributed by atoms with Gasteiger partial charge in [0.15, 0.2) is 5.78 Å². The predicted molar refractivity (Wildman–Crippen MR) is 59.1 cm³/mol. The van der Waals surface area contributed by atoms with Gasteiger partial charge in [-0.1, -0.05) is 33.6 Å². The third-order valence-corrected chi connectivity index (χ3v) is 2.61. The van der Waals surface area contributed by atoms with Crippen molar-refractivity contribution in [2.75, 3.05) is 0 Å². The van der Waals surface area contributed by atoms with Gasteiger partial charge in [0.2, 0.25) is 0 Å². The third kappa shape index (κ3) is 2.98. The van der Waals surface area contributed by atoms with Gasteiger partial charge in [0.05, 0.1) is 9.85 Å². The molecule has 1 unspecified atom stereocenters. The van der Waals surface area contributed by atoms with Crippen LogP contribution < -0.4 is 0 Å². The van der Waals surface area contributed by atoms with Gasteiger partial charge in [-0.25, -0.2) is 8.78 Å². The number of carbonyl (C=O) groups excluding carboxylic acids is 1. The normalized spacial score (nSPS) is 12.9. The van der Waals surface area contributed by atoms with Gasteiger partial charge < -0.3 is 0 Å². The number of alkyl halides is 3. The molecule has 0 amide bonds. The Bertz CT molecular complexity index is 380.